The number of esters is 2. The van der Waals surface area contributed by atoms with Gasteiger partial charge in [-0.1, -0.05) is 64.0 Å². The Balaban J connectivity index is 0.000000308. The summed E-state index contributed by atoms with van der Waals surface area (Å²) in [4.78, 5) is 67.5. The molecule has 242 valence electrons. The van der Waals surface area contributed by atoms with E-state index >= 15 is 0 Å². The Kier molecular flexibility index (Phi) is 12.2. The number of aromatic nitrogens is 3. The first-order chi connectivity index (χ1) is 20.4. The van der Waals surface area contributed by atoms with Gasteiger partial charge in [0.15, 0.2) is 17.7 Å². The highest BCUT2D eigenvalue weighted by Gasteiger charge is 2.61. The highest BCUT2D eigenvalue weighted by atomic mass is 32.2. The highest BCUT2D eigenvalue weighted by molar-refractivity contribution is 7.99. The standard InChI is InChI=1S/C17H22N2O4.C13H22N4O3S/c1-6-7-18-9-13(20)19(16(18)22)10-23-15(21)14-12(8-11(2)3)17(14,4)5;1-7-20-9(18)8-21-11-14-10(13(2,3)4)15-17(11)12(19)16(5)6/h1,8,12,14H,7,9-10H2,2-5H3;7-8H2,1-6H3. The monoisotopic (exact) mass is 632 g/mol. The number of ether oxygens (including phenoxy) is 2. The molecule has 14 heteroatoms. The molecule has 2 fully saturated rings. The van der Waals surface area contributed by atoms with Crippen molar-refractivity contribution >= 4 is 41.7 Å². The van der Waals surface area contributed by atoms with E-state index in [1.807, 2.05) is 48.5 Å². The summed E-state index contributed by atoms with van der Waals surface area (Å²) in [7, 11) is 3.28. The van der Waals surface area contributed by atoms with Crippen LogP contribution in [0.4, 0.5) is 9.59 Å². The van der Waals surface area contributed by atoms with E-state index in [1.54, 1.807) is 21.0 Å². The van der Waals surface area contributed by atoms with Crippen LogP contribution in [0.1, 0.15) is 61.2 Å². The van der Waals surface area contributed by atoms with E-state index in [2.05, 4.69) is 22.1 Å². The molecule has 0 N–H and O–H groups in total. The van der Waals surface area contributed by atoms with Gasteiger partial charge in [-0.25, -0.2) is 19.5 Å². The van der Waals surface area contributed by atoms with Crippen molar-refractivity contribution in [2.45, 2.75) is 66.0 Å². The summed E-state index contributed by atoms with van der Waals surface area (Å²) in [6, 6.07) is -0.819. The number of hydrogen-bond donors (Lipinski definition) is 0. The van der Waals surface area contributed by atoms with Crippen LogP contribution in [0.5, 0.6) is 0 Å². The number of terminal acetylenes is 1. The van der Waals surface area contributed by atoms with E-state index in [-0.39, 0.29) is 66.2 Å². The van der Waals surface area contributed by atoms with Crippen molar-refractivity contribution in [3.63, 3.8) is 0 Å². The Labute approximate surface area is 263 Å². The second kappa shape index (κ2) is 14.7. The SMILES string of the molecule is C#CCN1CC(=O)N(COC(=O)C2C(C=C(C)C)C2(C)C)C1=O.CCOC(=O)CSc1nc(C(C)(C)C)nn1C(=O)N(C)C. The summed E-state index contributed by atoms with van der Waals surface area (Å²) < 4.78 is 11.3. The number of hydrogen-bond acceptors (Lipinski definition) is 10. The Morgan fingerprint density at radius 1 is 1.18 bits per heavy atom. The number of rotatable bonds is 9. The van der Waals surface area contributed by atoms with E-state index in [4.69, 9.17) is 15.9 Å². The minimum absolute atomic E-state index is 0.0628. The Hall–Kier alpha value is -3.86. The molecule has 1 saturated heterocycles. The maximum atomic E-state index is 12.2. The van der Waals surface area contributed by atoms with Gasteiger partial charge < -0.3 is 19.3 Å². The number of thioether (sulfide) groups is 1. The molecule has 2 heterocycles. The van der Waals surface area contributed by atoms with Crippen LogP contribution in [-0.2, 0) is 29.3 Å². The molecule has 1 aliphatic carbocycles. The molecular weight excluding hydrogens is 588 g/mol. The molecule has 13 nitrogen and oxygen atoms in total. The van der Waals surface area contributed by atoms with Crippen molar-refractivity contribution in [2.75, 3.05) is 46.3 Å². The molecule has 1 aromatic heterocycles. The van der Waals surface area contributed by atoms with Gasteiger partial charge in [-0.15, -0.1) is 11.5 Å². The summed E-state index contributed by atoms with van der Waals surface area (Å²) in [5.74, 6) is 1.73. The third-order valence-corrected chi connectivity index (χ3v) is 7.76. The second-order valence-electron chi connectivity index (χ2n) is 12.5. The largest absolute Gasteiger partial charge is 0.465 e. The fourth-order valence-corrected chi connectivity index (χ4v) is 5.04. The van der Waals surface area contributed by atoms with Crippen LogP contribution >= 0.6 is 11.8 Å². The molecule has 1 saturated carbocycles. The smallest absolute Gasteiger partial charge is 0.346 e. The van der Waals surface area contributed by atoms with Gasteiger partial charge in [-0.2, -0.15) is 4.68 Å². The zero-order valence-corrected chi connectivity index (χ0v) is 28.1. The van der Waals surface area contributed by atoms with E-state index in [1.165, 1.54) is 14.5 Å². The summed E-state index contributed by atoms with van der Waals surface area (Å²) in [6.45, 7) is 15.6. The van der Waals surface area contributed by atoms with Crippen LogP contribution in [0.25, 0.3) is 0 Å². The predicted molar refractivity (Wildman–Crippen MR) is 164 cm³/mol. The molecule has 1 aromatic rings. The highest BCUT2D eigenvalue weighted by Crippen LogP contribution is 2.59. The van der Waals surface area contributed by atoms with Gasteiger partial charge in [-0.3, -0.25) is 14.4 Å². The Morgan fingerprint density at radius 2 is 1.82 bits per heavy atom. The number of nitrogens with zero attached hydrogens (tertiary/aromatic N) is 6. The van der Waals surface area contributed by atoms with E-state index < -0.39 is 11.9 Å². The average molecular weight is 633 g/mol. The average Bonchev–Trinajstić information content (AvgIpc) is 3.18. The van der Waals surface area contributed by atoms with Gasteiger partial charge in [0, 0.05) is 19.5 Å². The lowest BCUT2D eigenvalue weighted by Gasteiger charge is -2.15. The van der Waals surface area contributed by atoms with Crippen molar-refractivity contribution in [3.8, 4) is 12.3 Å². The Bertz CT molecular complexity index is 1330. The zero-order chi connectivity index (χ0) is 33.6. The summed E-state index contributed by atoms with van der Waals surface area (Å²) in [5.41, 5.74) is 0.702. The lowest BCUT2D eigenvalue weighted by atomic mass is 9.96. The molecule has 44 heavy (non-hydrogen) atoms. The fourth-order valence-electron chi connectivity index (χ4n) is 4.32. The lowest BCUT2D eigenvalue weighted by molar-refractivity contribution is -0.151. The van der Waals surface area contributed by atoms with E-state index in [0.717, 1.165) is 22.2 Å². The maximum Gasteiger partial charge on any atom is 0.346 e. The molecule has 4 amide bonds. The zero-order valence-electron chi connectivity index (χ0n) is 27.3. The molecule has 2 atom stereocenters. The molecule has 0 bridgehead atoms. The van der Waals surface area contributed by atoms with Gasteiger partial charge in [0.05, 0.1) is 24.8 Å². The van der Waals surface area contributed by atoms with Crippen molar-refractivity contribution in [2.24, 2.45) is 17.3 Å². The molecule has 0 aromatic carbocycles. The predicted octanol–water partition coefficient (Wildman–Crippen LogP) is 3.38. The first kappa shape index (κ1) is 36.3. The fraction of sp³-hybridized carbons (Fsp3) is 0.633. The minimum atomic E-state index is -0.517. The quantitative estimate of drug-likeness (QED) is 0.131. The van der Waals surface area contributed by atoms with Crippen molar-refractivity contribution in [1.29, 1.82) is 0 Å². The van der Waals surface area contributed by atoms with E-state index in [0.29, 0.717) is 17.6 Å². The first-order valence-corrected chi connectivity index (χ1v) is 15.2. The van der Waals surface area contributed by atoms with Crippen LogP contribution < -0.4 is 0 Å². The van der Waals surface area contributed by atoms with Crippen LogP contribution in [0.2, 0.25) is 0 Å². The number of allylic oxidation sites excluding steroid dienone is 2. The van der Waals surface area contributed by atoms with Crippen molar-refractivity contribution in [3.05, 3.63) is 17.5 Å². The van der Waals surface area contributed by atoms with Crippen LogP contribution in [0.3, 0.4) is 0 Å². The number of imide groups is 1. The van der Waals surface area contributed by atoms with Gasteiger partial charge in [0.2, 0.25) is 0 Å². The lowest BCUT2D eigenvalue weighted by Crippen LogP contribution is -2.36. The number of carbonyl (C=O) groups excluding carboxylic acids is 5. The molecule has 3 rings (SSSR count). The number of amides is 4. The molecule has 2 aliphatic rings. The normalized spacial score (nSPS) is 18.6. The van der Waals surface area contributed by atoms with Crippen LogP contribution in [-0.4, -0.2) is 106 Å². The van der Waals surface area contributed by atoms with Crippen LogP contribution in [0.15, 0.2) is 16.8 Å². The Morgan fingerprint density at radius 3 is 2.34 bits per heavy atom. The third kappa shape index (κ3) is 9.07. The molecule has 2 unspecified atom stereocenters. The molecule has 0 radical (unpaired) electrons. The van der Waals surface area contributed by atoms with Gasteiger partial charge in [0.1, 0.15) is 6.54 Å². The topological polar surface area (TPSA) is 144 Å². The minimum Gasteiger partial charge on any atom is -0.465 e. The van der Waals surface area contributed by atoms with Crippen molar-refractivity contribution < 1.29 is 33.4 Å². The van der Waals surface area contributed by atoms with Gasteiger partial charge >= 0.3 is 24.0 Å². The maximum absolute atomic E-state index is 12.2. The van der Waals surface area contributed by atoms with E-state index in [9.17, 15) is 24.0 Å². The summed E-state index contributed by atoms with van der Waals surface area (Å²) in [5, 5.41) is 4.66. The molecule has 1 aliphatic heterocycles. The molecular formula is C30H44N6O7S. The van der Waals surface area contributed by atoms with Crippen molar-refractivity contribution in [1.82, 2.24) is 29.5 Å². The van der Waals surface area contributed by atoms with Crippen LogP contribution in [0, 0.1) is 29.6 Å². The number of urea groups is 1. The van der Waals surface area contributed by atoms with Gasteiger partial charge in [-0.05, 0) is 32.1 Å². The van der Waals surface area contributed by atoms with Gasteiger partial charge in [0.25, 0.3) is 5.91 Å². The first-order valence-electron chi connectivity index (χ1n) is 14.2. The molecule has 0 spiro atoms. The number of carbonyl (C=O) groups is 5. The third-order valence-electron chi connectivity index (χ3n) is 6.86. The second-order valence-corrected chi connectivity index (χ2v) is 13.4. The summed E-state index contributed by atoms with van der Waals surface area (Å²) in [6.07, 6.45) is 7.21. The summed E-state index contributed by atoms with van der Waals surface area (Å²) >= 11 is 1.15.